The summed E-state index contributed by atoms with van der Waals surface area (Å²) in [6.07, 6.45) is 3.62. The van der Waals surface area contributed by atoms with E-state index in [2.05, 4.69) is 0 Å². The predicted octanol–water partition coefficient (Wildman–Crippen LogP) is 3.49. The van der Waals surface area contributed by atoms with Crippen LogP contribution in [0.5, 0.6) is 0 Å². The number of nitrogens with two attached hydrogens (primary N) is 1. The van der Waals surface area contributed by atoms with Gasteiger partial charge in [0.15, 0.2) is 0 Å². The molecule has 2 atom stereocenters. The largest absolute Gasteiger partial charge is 0.468 e. The minimum atomic E-state index is -0.796. The Balaban J connectivity index is 1.91. The summed E-state index contributed by atoms with van der Waals surface area (Å²) in [5, 5.41) is 0.774. The van der Waals surface area contributed by atoms with Gasteiger partial charge in [0, 0.05) is 4.90 Å². The molecule has 1 fully saturated rings. The zero-order valence-electron chi connectivity index (χ0n) is 11.6. The van der Waals surface area contributed by atoms with Crippen molar-refractivity contribution in [1.29, 1.82) is 0 Å². The van der Waals surface area contributed by atoms with E-state index in [1.54, 1.807) is 11.8 Å². The van der Waals surface area contributed by atoms with E-state index < -0.39 is 5.54 Å². The Kier molecular flexibility index (Phi) is 5.35. The van der Waals surface area contributed by atoms with Crippen LogP contribution in [0, 0.1) is 5.92 Å². The number of carbonyl (C=O) groups excluding carboxylic acids is 1. The monoisotopic (exact) mass is 313 g/mol. The minimum absolute atomic E-state index is 0.199. The Morgan fingerprint density at radius 2 is 2.30 bits per heavy atom. The van der Waals surface area contributed by atoms with Gasteiger partial charge in [-0.25, -0.2) is 0 Å². The maximum atomic E-state index is 11.9. The number of hydrogen-bond donors (Lipinski definition) is 1. The van der Waals surface area contributed by atoms with Crippen molar-refractivity contribution in [2.24, 2.45) is 11.7 Å². The second-order valence-electron chi connectivity index (χ2n) is 5.19. The van der Waals surface area contributed by atoms with E-state index in [0.29, 0.717) is 0 Å². The van der Waals surface area contributed by atoms with Crippen molar-refractivity contribution < 1.29 is 9.53 Å². The summed E-state index contributed by atoms with van der Waals surface area (Å²) < 4.78 is 4.86. The smallest absolute Gasteiger partial charge is 0.326 e. The van der Waals surface area contributed by atoms with Crippen molar-refractivity contribution in [3.8, 4) is 0 Å². The number of hydrogen-bond acceptors (Lipinski definition) is 4. The average Bonchev–Trinajstić information content (AvgIpc) is 2.83. The Hall–Kier alpha value is -0.710. The molecular formula is C15H20ClNO2S. The van der Waals surface area contributed by atoms with Gasteiger partial charge in [0.25, 0.3) is 0 Å². The second-order valence-corrected chi connectivity index (χ2v) is 6.73. The van der Waals surface area contributed by atoms with Crippen LogP contribution in [0.25, 0.3) is 0 Å². The van der Waals surface area contributed by atoms with Crippen LogP contribution in [0.2, 0.25) is 5.02 Å². The molecule has 0 aromatic heterocycles. The number of thioether (sulfide) groups is 1. The molecule has 1 aromatic rings. The van der Waals surface area contributed by atoms with E-state index in [1.165, 1.54) is 7.11 Å². The van der Waals surface area contributed by atoms with Crippen LogP contribution in [-0.4, -0.2) is 24.4 Å². The standard InChI is InChI=1S/C15H20ClNO2S/c1-19-14(18)15(17)9-4-5-11(15)8-10-20-13-7-3-2-6-12(13)16/h2-3,6-7,11H,4-5,8-10,17H2,1H3. The van der Waals surface area contributed by atoms with Gasteiger partial charge in [-0.15, -0.1) is 11.8 Å². The molecular weight excluding hydrogens is 294 g/mol. The van der Waals surface area contributed by atoms with Crippen LogP contribution >= 0.6 is 23.4 Å². The van der Waals surface area contributed by atoms with Gasteiger partial charge in [-0.2, -0.15) is 0 Å². The van der Waals surface area contributed by atoms with Crippen LogP contribution in [-0.2, 0) is 9.53 Å². The van der Waals surface area contributed by atoms with Gasteiger partial charge in [-0.3, -0.25) is 4.79 Å². The summed E-state index contributed by atoms with van der Waals surface area (Å²) in [7, 11) is 1.41. The van der Waals surface area contributed by atoms with Gasteiger partial charge < -0.3 is 10.5 Å². The van der Waals surface area contributed by atoms with Crippen molar-refractivity contribution in [2.75, 3.05) is 12.9 Å². The lowest BCUT2D eigenvalue weighted by molar-refractivity contribution is -0.148. The van der Waals surface area contributed by atoms with Crippen molar-refractivity contribution in [2.45, 2.75) is 36.1 Å². The molecule has 0 saturated heterocycles. The number of rotatable bonds is 5. The number of methoxy groups -OCH3 is 1. The number of esters is 1. The third-order valence-electron chi connectivity index (χ3n) is 4.00. The van der Waals surface area contributed by atoms with E-state index in [9.17, 15) is 4.79 Å². The Bertz CT molecular complexity index is 483. The molecule has 2 unspecified atom stereocenters. The molecule has 0 amide bonds. The average molecular weight is 314 g/mol. The molecule has 1 aliphatic rings. The SMILES string of the molecule is COC(=O)C1(N)CCCC1CCSc1ccccc1Cl. The predicted molar refractivity (Wildman–Crippen MR) is 83.1 cm³/mol. The van der Waals surface area contributed by atoms with Crippen molar-refractivity contribution in [1.82, 2.24) is 0 Å². The van der Waals surface area contributed by atoms with Crippen molar-refractivity contribution in [3.05, 3.63) is 29.3 Å². The lowest BCUT2D eigenvalue weighted by atomic mass is 9.86. The van der Waals surface area contributed by atoms with E-state index >= 15 is 0 Å². The lowest BCUT2D eigenvalue weighted by Gasteiger charge is -2.28. The molecule has 110 valence electrons. The molecule has 2 N–H and O–H groups in total. The molecule has 0 spiro atoms. The fourth-order valence-corrected chi connectivity index (χ4v) is 4.14. The van der Waals surface area contributed by atoms with Gasteiger partial charge >= 0.3 is 5.97 Å². The quantitative estimate of drug-likeness (QED) is 0.668. The molecule has 1 aromatic carbocycles. The lowest BCUT2D eigenvalue weighted by Crippen LogP contribution is -2.51. The van der Waals surface area contributed by atoms with Gasteiger partial charge in [0.2, 0.25) is 0 Å². The van der Waals surface area contributed by atoms with Crippen molar-refractivity contribution in [3.63, 3.8) is 0 Å². The first-order valence-corrected chi connectivity index (χ1v) is 8.19. The zero-order valence-corrected chi connectivity index (χ0v) is 13.2. The molecule has 20 heavy (non-hydrogen) atoms. The highest BCUT2D eigenvalue weighted by molar-refractivity contribution is 7.99. The van der Waals surface area contributed by atoms with Crippen molar-refractivity contribution >= 4 is 29.3 Å². The summed E-state index contributed by atoms with van der Waals surface area (Å²) in [5.41, 5.74) is 5.46. The second kappa shape index (κ2) is 6.83. The number of carbonyl (C=O) groups is 1. The molecule has 0 radical (unpaired) electrons. The number of halogens is 1. The summed E-state index contributed by atoms with van der Waals surface area (Å²) in [6.45, 7) is 0. The van der Waals surface area contributed by atoms with Crippen LogP contribution in [0.4, 0.5) is 0 Å². The fraction of sp³-hybridized carbons (Fsp3) is 0.533. The topological polar surface area (TPSA) is 52.3 Å². The van der Waals surface area contributed by atoms with Gasteiger partial charge in [-0.1, -0.05) is 30.2 Å². The van der Waals surface area contributed by atoms with E-state index in [4.69, 9.17) is 22.1 Å². The van der Waals surface area contributed by atoms with Gasteiger partial charge in [0.1, 0.15) is 5.54 Å². The highest BCUT2D eigenvalue weighted by Gasteiger charge is 2.46. The third-order valence-corrected chi connectivity index (χ3v) is 5.55. The van der Waals surface area contributed by atoms with E-state index in [-0.39, 0.29) is 11.9 Å². The molecule has 0 aliphatic heterocycles. The molecule has 0 bridgehead atoms. The van der Waals surface area contributed by atoms with Crippen LogP contribution in [0.3, 0.4) is 0 Å². The minimum Gasteiger partial charge on any atom is -0.468 e. The first kappa shape index (κ1) is 15.7. The summed E-state index contributed by atoms with van der Waals surface area (Å²) in [6, 6.07) is 7.80. The fourth-order valence-electron chi connectivity index (χ4n) is 2.84. The maximum Gasteiger partial charge on any atom is 0.326 e. The molecule has 3 nitrogen and oxygen atoms in total. The summed E-state index contributed by atoms with van der Waals surface area (Å²) >= 11 is 7.84. The highest BCUT2D eigenvalue weighted by Crippen LogP contribution is 2.38. The first-order valence-electron chi connectivity index (χ1n) is 6.82. The number of ether oxygens (including phenoxy) is 1. The zero-order chi connectivity index (χ0) is 14.6. The molecule has 0 heterocycles. The third kappa shape index (κ3) is 3.30. The first-order chi connectivity index (χ1) is 9.58. The molecule has 1 aliphatic carbocycles. The van der Waals surface area contributed by atoms with Crippen LogP contribution in [0.1, 0.15) is 25.7 Å². The Labute approximate surface area is 129 Å². The van der Waals surface area contributed by atoms with Crippen LogP contribution in [0.15, 0.2) is 29.2 Å². The number of benzene rings is 1. The highest BCUT2D eigenvalue weighted by atomic mass is 35.5. The Morgan fingerprint density at radius 3 is 3.00 bits per heavy atom. The maximum absolute atomic E-state index is 11.9. The molecule has 5 heteroatoms. The van der Waals surface area contributed by atoms with Gasteiger partial charge in [0.05, 0.1) is 12.1 Å². The summed E-state index contributed by atoms with van der Waals surface area (Å²) in [5.74, 6) is 0.831. The normalized spacial score (nSPS) is 25.6. The van der Waals surface area contributed by atoms with Gasteiger partial charge in [-0.05, 0) is 43.1 Å². The molecule has 1 saturated carbocycles. The van der Waals surface area contributed by atoms with E-state index in [1.807, 2.05) is 24.3 Å². The van der Waals surface area contributed by atoms with Crippen LogP contribution < -0.4 is 5.73 Å². The summed E-state index contributed by atoms with van der Waals surface area (Å²) in [4.78, 5) is 12.9. The Morgan fingerprint density at radius 1 is 1.55 bits per heavy atom. The van der Waals surface area contributed by atoms with E-state index in [0.717, 1.165) is 41.4 Å². The molecule has 2 rings (SSSR count).